The number of aryl methyl sites for hydroxylation is 1. The molecule has 0 aromatic heterocycles. The van der Waals surface area contributed by atoms with Crippen LogP contribution in [0.15, 0.2) is 65.1 Å². The van der Waals surface area contributed by atoms with Crippen LogP contribution < -0.4 is 24.8 Å². The van der Waals surface area contributed by atoms with Gasteiger partial charge in [-0.2, -0.15) is 0 Å². The fourth-order valence-electron chi connectivity index (χ4n) is 3.10. The number of carbonyl (C=O) groups excluding carboxylic acids is 1. The Morgan fingerprint density at radius 1 is 1.00 bits per heavy atom. The van der Waals surface area contributed by atoms with Crippen LogP contribution in [0, 0.1) is 6.92 Å². The lowest BCUT2D eigenvalue weighted by Crippen LogP contribution is -2.20. The number of benzene rings is 3. The average molecular weight is 499 g/mol. The second kappa shape index (κ2) is 11.4. The third kappa shape index (κ3) is 6.65. The van der Waals surface area contributed by atoms with Gasteiger partial charge in [-0.05, 0) is 89.4 Å². The van der Waals surface area contributed by atoms with Gasteiger partial charge in [0.25, 0.3) is 5.91 Å². The smallest absolute Gasteiger partial charge is 0.262 e. The van der Waals surface area contributed by atoms with Crippen molar-refractivity contribution in [2.75, 3.05) is 31.0 Å². The van der Waals surface area contributed by atoms with Crippen LogP contribution in [0.4, 0.5) is 11.4 Å². The van der Waals surface area contributed by atoms with E-state index in [0.717, 1.165) is 32.7 Å². The lowest BCUT2D eigenvalue weighted by atomic mass is 10.2. The van der Waals surface area contributed by atoms with Gasteiger partial charge in [0.1, 0.15) is 5.75 Å². The van der Waals surface area contributed by atoms with Crippen LogP contribution in [0.5, 0.6) is 17.2 Å². The Hall–Kier alpha value is -3.19. The SMILES string of the molecule is CCOc1cc(CNc2ccc(OC)cc2)cc(Br)c1OCC(=O)Nc1cccc(C)c1. The highest BCUT2D eigenvalue weighted by Crippen LogP contribution is 2.37. The number of halogens is 1. The van der Waals surface area contributed by atoms with Crippen LogP contribution in [0.3, 0.4) is 0 Å². The van der Waals surface area contributed by atoms with E-state index in [1.165, 1.54) is 0 Å². The average Bonchev–Trinajstić information content (AvgIpc) is 2.77. The number of anilines is 2. The van der Waals surface area contributed by atoms with Crippen molar-refractivity contribution in [3.63, 3.8) is 0 Å². The van der Waals surface area contributed by atoms with Gasteiger partial charge in [0.05, 0.1) is 18.2 Å². The molecule has 0 aliphatic heterocycles. The number of rotatable bonds is 10. The number of hydrogen-bond acceptors (Lipinski definition) is 5. The highest BCUT2D eigenvalue weighted by atomic mass is 79.9. The fraction of sp³-hybridized carbons (Fsp3) is 0.240. The van der Waals surface area contributed by atoms with Crippen LogP contribution >= 0.6 is 15.9 Å². The van der Waals surface area contributed by atoms with Gasteiger partial charge in [-0.1, -0.05) is 12.1 Å². The molecule has 3 rings (SSSR count). The summed E-state index contributed by atoms with van der Waals surface area (Å²) in [5.41, 5.74) is 3.80. The molecule has 0 spiro atoms. The first-order valence-electron chi connectivity index (χ1n) is 10.3. The van der Waals surface area contributed by atoms with E-state index in [1.54, 1.807) is 7.11 Å². The van der Waals surface area contributed by atoms with Crippen molar-refractivity contribution in [3.05, 3.63) is 76.3 Å². The van der Waals surface area contributed by atoms with Crippen LogP contribution in [-0.2, 0) is 11.3 Å². The molecule has 3 aromatic rings. The Kier molecular flexibility index (Phi) is 8.39. The minimum absolute atomic E-state index is 0.129. The molecule has 0 aliphatic carbocycles. The van der Waals surface area contributed by atoms with E-state index in [1.807, 2.05) is 74.5 Å². The first-order valence-corrected chi connectivity index (χ1v) is 11.1. The molecule has 0 radical (unpaired) electrons. The molecule has 168 valence electrons. The number of nitrogens with one attached hydrogen (secondary N) is 2. The Labute approximate surface area is 197 Å². The molecule has 32 heavy (non-hydrogen) atoms. The molecule has 0 bridgehead atoms. The summed E-state index contributed by atoms with van der Waals surface area (Å²) < 4.78 is 17.5. The summed E-state index contributed by atoms with van der Waals surface area (Å²) in [5.74, 6) is 1.65. The van der Waals surface area contributed by atoms with Crippen molar-refractivity contribution in [2.24, 2.45) is 0 Å². The molecule has 1 amide bonds. The topological polar surface area (TPSA) is 68.8 Å². The van der Waals surface area contributed by atoms with E-state index in [2.05, 4.69) is 26.6 Å². The monoisotopic (exact) mass is 498 g/mol. The zero-order valence-corrected chi connectivity index (χ0v) is 20.0. The Balaban J connectivity index is 1.65. The van der Waals surface area contributed by atoms with Crippen molar-refractivity contribution in [1.29, 1.82) is 0 Å². The largest absolute Gasteiger partial charge is 0.497 e. The Bertz CT molecular complexity index is 1050. The van der Waals surface area contributed by atoms with Crippen molar-refractivity contribution in [3.8, 4) is 17.2 Å². The molecule has 0 atom stereocenters. The van der Waals surface area contributed by atoms with Gasteiger partial charge in [-0.25, -0.2) is 0 Å². The summed E-state index contributed by atoms with van der Waals surface area (Å²) in [6.07, 6.45) is 0. The van der Waals surface area contributed by atoms with E-state index in [-0.39, 0.29) is 12.5 Å². The van der Waals surface area contributed by atoms with E-state index in [4.69, 9.17) is 14.2 Å². The summed E-state index contributed by atoms with van der Waals surface area (Å²) in [4.78, 5) is 12.3. The lowest BCUT2D eigenvalue weighted by molar-refractivity contribution is -0.118. The number of hydrogen-bond donors (Lipinski definition) is 2. The van der Waals surface area contributed by atoms with Gasteiger partial charge < -0.3 is 24.8 Å². The maximum absolute atomic E-state index is 12.3. The molecule has 6 nitrogen and oxygen atoms in total. The summed E-state index contributed by atoms with van der Waals surface area (Å²) in [5, 5.41) is 6.22. The van der Waals surface area contributed by atoms with Crippen LogP contribution in [0.2, 0.25) is 0 Å². The molecule has 3 aromatic carbocycles. The van der Waals surface area contributed by atoms with Crippen LogP contribution in [-0.4, -0.2) is 26.2 Å². The van der Waals surface area contributed by atoms with Gasteiger partial charge >= 0.3 is 0 Å². The molecule has 2 N–H and O–H groups in total. The minimum atomic E-state index is -0.241. The van der Waals surface area contributed by atoms with E-state index < -0.39 is 0 Å². The maximum Gasteiger partial charge on any atom is 0.262 e. The fourth-order valence-corrected chi connectivity index (χ4v) is 3.70. The van der Waals surface area contributed by atoms with Crippen LogP contribution in [0.1, 0.15) is 18.1 Å². The second-order valence-electron chi connectivity index (χ2n) is 7.13. The van der Waals surface area contributed by atoms with Gasteiger partial charge in [0.15, 0.2) is 18.1 Å². The minimum Gasteiger partial charge on any atom is -0.497 e. The molecule has 0 saturated carbocycles. The molecule has 0 unspecified atom stereocenters. The summed E-state index contributed by atoms with van der Waals surface area (Å²) in [6.45, 7) is 4.83. The summed E-state index contributed by atoms with van der Waals surface area (Å²) >= 11 is 3.56. The van der Waals surface area contributed by atoms with Gasteiger partial charge in [0.2, 0.25) is 0 Å². The first kappa shape index (κ1) is 23.5. The van der Waals surface area contributed by atoms with Crippen molar-refractivity contribution >= 4 is 33.2 Å². The van der Waals surface area contributed by atoms with Crippen molar-refractivity contribution in [1.82, 2.24) is 0 Å². The first-order chi connectivity index (χ1) is 15.5. The molecule has 0 fully saturated rings. The Morgan fingerprint density at radius 2 is 1.78 bits per heavy atom. The molecule has 0 saturated heterocycles. The number of ether oxygens (including phenoxy) is 3. The number of amides is 1. The van der Waals surface area contributed by atoms with Crippen molar-refractivity contribution in [2.45, 2.75) is 20.4 Å². The zero-order valence-electron chi connectivity index (χ0n) is 18.4. The highest BCUT2D eigenvalue weighted by molar-refractivity contribution is 9.10. The normalized spacial score (nSPS) is 10.4. The molecule has 0 heterocycles. The summed E-state index contributed by atoms with van der Waals surface area (Å²) in [7, 11) is 1.64. The van der Waals surface area contributed by atoms with E-state index >= 15 is 0 Å². The predicted molar refractivity (Wildman–Crippen MR) is 131 cm³/mol. The third-order valence-electron chi connectivity index (χ3n) is 4.61. The quantitative estimate of drug-likeness (QED) is 0.370. The Morgan fingerprint density at radius 3 is 2.47 bits per heavy atom. The van der Waals surface area contributed by atoms with Crippen molar-refractivity contribution < 1.29 is 19.0 Å². The maximum atomic E-state index is 12.3. The standard InChI is InChI=1S/C25H27BrN2O4/c1-4-31-23-14-18(15-27-19-8-10-21(30-3)11-9-19)13-22(26)25(23)32-16-24(29)28-20-7-5-6-17(2)12-20/h5-14,27H,4,15-16H2,1-3H3,(H,28,29). The lowest BCUT2D eigenvalue weighted by Gasteiger charge is -2.16. The van der Waals surface area contributed by atoms with Gasteiger partial charge in [-0.15, -0.1) is 0 Å². The summed E-state index contributed by atoms with van der Waals surface area (Å²) in [6, 6.07) is 19.2. The molecular weight excluding hydrogens is 472 g/mol. The predicted octanol–water partition coefficient (Wildman–Crippen LogP) is 5.79. The zero-order chi connectivity index (χ0) is 22.9. The highest BCUT2D eigenvalue weighted by Gasteiger charge is 2.14. The number of carbonyl (C=O) groups is 1. The van der Waals surface area contributed by atoms with Crippen LogP contribution in [0.25, 0.3) is 0 Å². The van der Waals surface area contributed by atoms with E-state index in [9.17, 15) is 4.79 Å². The van der Waals surface area contributed by atoms with E-state index in [0.29, 0.717) is 24.7 Å². The van der Waals surface area contributed by atoms with Gasteiger partial charge in [-0.3, -0.25) is 4.79 Å². The number of methoxy groups -OCH3 is 1. The molecular formula is C25H27BrN2O4. The third-order valence-corrected chi connectivity index (χ3v) is 5.19. The van der Waals surface area contributed by atoms with Gasteiger partial charge in [0, 0.05) is 17.9 Å². The molecule has 0 aliphatic rings. The molecule has 7 heteroatoms. The second-order valence-corrected chi connectivity index (χ2v) is 7.98.